The molecule has 0 aliphatic heterocycles. The second-order valence-corrected chi connectivity index (χ2v) is 6.86. The SMILES string of the molecule is CCOCCCNC(=NCc1ccc(OC)cc1)NCCc1ccc(OC)c(OC)c1. The molecule has 0 saturated heterocycles. The molecule has 2 aromatic carbocycles. The molecule has 7 nitrogen and oxygen atoms in total. The molecule has 2 N–H and O–H groups in total. The zero-order chi connectivity index (χ0) is 22.3. The van der Waals surface area contributed by atoms with Crippen LogP contribution >= 0.6 is 0 Å². The number of nitrogens with one attached hydrogen (secondary N) is 2. The summed E-state index contributed by atoms with van der Waals surface area (Å²) in [5.41, 5.74) is 2.28. The molecule has 2 rings (SSSR count). The maximum absolute atomic E-state index is 5.41. The lowest BCUT2D eigenvalue weighted by molar-refractivity contribution is 0.145. The molecule has 0 atom stereocenters. The van der Waals surface area contributed by atoms with E-state index in [1.165, 1.54) is 0 Å². The molecule has 0 heterocycles. The quantitative estimate of drug-likeness (QED) is 0.289. The summed E-state index contributed by atoms with van der Waals surface area (Å²) in [7, 11) is 4.96. The van der Waals surface area contributed by atoms with Gasteiger partial charge < -0.3 is 29.6 Å². The first-order chi connectivity index (χ1) is 15.2. The van der Waals surface area contributed by atoms with Crippen LogP contribution in [0.25, 0.3) is 0 Å². The molecule has 31 heavy (non-hydrogen) atoms. The van der Waals surface area contributed by atoms with E-state index in [2.05, 4.69) is 10.6 Å². The van der Waals surface area contributed by atoms with E-state index in [1.54, 1.807) is 21.3 Å². The minimum Gasteiger partial charge on any atom is -0.497 e. The molecule has 0 spiro atoms. The maximum atomic E-state index is 5.41. The second kappa shape index (κ2) is 14.1. The van der Waals surface area contributed by atoms with Crippen molar-refractivity contribution in [1.82, 2.24) is 10.6 Å². The van der Waals surface area contributed by atoms with E-state index in [4.69, 9.17) is 23.9 Å². The molecule has 170 valence electrons. The first-order valence-corrected chi connectivity index (χ1v) is 10.6. The molecule has 0 unspecified atom stereocenters. The minimum atomic E-state index is 0.584. The molecular weight excluding hydrogens is 394 g/mol. The molecule has 0 aliphatic carbocycles. The molecule has 0 aliphatic rings. The first kappa shape index (κ1) is 24.3. The average molecular weight is 430 g/mol. The molecule has 0 bridgehead atoms. The maximum Gasteiger partial charge on any atom is 0.191 e. The van der Waals surface area contributed by atoms with Crippen LogP contribution in [0.5, 0.6) is 17.2 Å². The summed E-state index contributed by atoms with van der Waals surface area (Å²) in [6.45, 7) is 5.61. The van der Waals surface area contributed by atoms with Gasteiger partial charge in [-0.3, -0.25) is 0 Å². The summed E-state index contributed by atoms with van der Waals surface area (Å²) in [5.74, 6) is 3.10. The highest BCUT2D eigenvalue weighted by molar-refractivity contribution is 5.79. The number of hydrogen-bond acceptors (Lipinski definition) is 5. The van der Waals surface area contributed by atoms with Gasteiger partial charge in [0.15, 0.2) is 17.5 Å². The Kier molecular flexibility index (Phi) is 11.1. The third-order valence-electron chi connectivity index (χ3n) is 4.69. The van der Waals surface area contributed by atoms with Gasteiger partial charge in [0, 0.05) is 26.3 Å². The smallest absolute Gasteiger partial charge is 0.191 e. The Morgan fingerprint density at radius 1 is 0.839 bits per heavy atom. The van der Waals surface area contributed by atoms with Gasteiger partial charge >= 0.3 is 0 Å². The van der Waals surface area contributed by atoms with E-state index in [0.717, 1.165) is 73.5 Å². The van der Waals surface area contributed by atoms with E-state index in [9.17, 15) is 0 Å². The van der Waals surface area contributed by atoms with Crippen molar-refractivity contribution in [3.63, 3.8) is 0 Å². The molecular formula is C24H35N3O4. The van der Waals surface area contributed by atoms with Gasteiger partial charge in [-0.05, 0) is 55.2 Å². The zero-order valence-corrected chi connectivity index (χ0v) is 19.1. The Bertz CT molecular complexity index is 794. The highest BCUT2D eigenvalue weighted by atomic mass is 16.5. The lowest BCUT2D eigenvalue weighted by atomic mass is 10.1. The molecule has 7 heteroatoms. The Balaban J connectivity index is 1.93. The first-order valence-electron chi connectivity index (χ1n) is 10.6. The molecule has 0 fully saturated rings. The molecule has 0 radical (unpaired) electrons. The molecule has 0 amide bonds. The van der Waals surface area contributed by atoms with Crippen molar-refractivity contribution in [2.75, 3.05) is 47.6 Å². The third-order valence-corrected chi connectivity index (χ3v) is 4.69. The lowest BCUT2D eigenvalue weighted by Gasteiger charge is -2.14. The van der Waals surface area contributed by atoms with Crippen LogP contribution in [0.1, 0.15) is 24.5 Å². The zero-order valence-electron chi connectivity index (χ0n) is 19.1. The number of aliphatic imine (C=N–C) groups is 1. The van der Waals surface area contributed by atoms with Crippen molar-refractivity contribution in [2.24, 2.45) is 4.99 Å². The number of rotatable bonds is 13. The van der Waals surface area contributed by atoms with E-state index in [-0.39, 0.29) is 0 Å². The number of ether oxygens (including phenoxy) is 4. The summed E-state index contributed by atoms with van der Waals surface area (Å²) in [6, 6.07) is 13.9. The number of guanidine groups is 1. The normalized spacial score (nSPS) is 11.2. The van der Waals surface area contributed by atoms with Crippen LogP contribution in [0.15, 0.2) is 47.5 Å². The van der Waals surface area contributed by atoms with Gasteiger partial charge in [-0.2, -0.15) is 0 Å². The van der Waals surface area contributed by atoms with Crippen LogP contribution in [0, 0.1) is 0 Å². The Morgan fingerprint density at radius 3 is 2.23 bits per heavy atom. The summed E-state index contributed by atoms with van der Waals surface area (Å²) >= 11 is 0. The van der Waals surface area contributed by atoms with Crippen molar-refractivity contribution in [2.45, 2.75) is 26.3 Å². The van der Waals surface area contributed by atoms with E-state index >= 15 is 0 Å². The number of hydrogen-bond donors (Lipinski definition) is 2. The van der Waals surface area contributed by atoms with Crippen LogP contribution < -0.4 is 24.8 Å². The standard InChI is InChI=1S/C24H35N3O4/c1-5-31-16-6-14-25-24(27-18-20-7-10-21(28-2)11-8-20)26-15-13-19-9-12-22(29-3)23(17-19)30-4/h7-12,17H,5-6,13-16,18H2,1-4H3,(H2,25,26,27). The van der Waals surface area contributed by atoms with Gasteiger partial charge in [-0.25, -0.2) is 4.99 Å². The monoisotopic (exact) mass is 429 g/mol. The predicted octanol–water partition coefficient (Wildman–Crippen LogP) is 3.42. The van der Waals surface area contributed by atoms with Crippen molar-refractivity contribution in [3.05, 3.63) is 53.6 Å². The highest BCUT2D eigenvalue weighted by Gasteiger charge is 2.05. The van der Waals surface area contributed by atoms with Crippen LogP contribution in [0.2, 0.25) is 0 Å². The Hall–Kier alpha value is -2.93. The van der Waals surface area contributed by atoms with Crippen molar-refractivity contribution < 1.29 is 18.9 Å². The summed E-state index contributed by atoms with van der Waals surface area (Å²) < 4.78 is 21.3. The van der Waals surface area contributed by atoms with Crippen LogP contribution in [0.3, 0.4) is 0 Å². The van der Waals surface area contributed by atoms with Crippen LogP contribution in [0.4, 0.5) is 0 Å². The molecule has 0 aromatic heterocycles. The van der Waals surface area contributed by atoms with Gasteiger partial charge in [0.05, 0.1) is 27.9 Å². The fourth-order valence-electron chi connectivity index (χ4n) is 2.96. The van der Waals surface area contributed by atoms with Crippen LogP contribution in [-0.2, 0) is 17.7 Å². The summed E-state index contributed by atoms with van der Waals surface area (Å²) in [4.78, 5) is 4.73. The largest absolute Gasteiger partial charge is 0.497 e. The predicted molar refractivity (Wildman–Crippen MR) is 124 cm³/mol. The van der Waals surface area contributed by atoms with Gasteiger partial charge in [0.1, 0.15) is 5.75 Å². The Labute approximate surface area is 185 Å². The summed E-state index contributed by atoms with van der Waals surface area (Å²) in [6.07, 6.45) is 1.76. The summed E-state index contributed by atoms with van der Waals surface area (Å²) in [5, 5.41) is 6.81. The van der Waals surface area contributed by atoms with Crippen molar-refractivity contribution in [1.29, 1.82) is 0 Å². The van der Waals surface area contributed by atoms with Gasteiger partial charge in [-0.1, -0.05) is 18.2 Å². The fraction of sp³-hybridized carbons (Fsp3) is 0.458. The van der Waals surface area contributed by atoms with Gasteiger partial charge in [0.25, 0.3) is 0 Å². The molecule has 2 aromatic rings. The van der Waals surface area contributed by atoms with E-state index in [0.29, 0.717) is 6.54 Å². The second-order valence-electron chi connectivity index (χ2n) is 6.86. The van der Waals surface area contributed by atoms with Crippen LogP contribution in [-0.4, -0.2) is 53.6 Å². The Morgan fingerprint density at radius 2 is 1.55 bits per heavy atom. The van der Waals surface area contributed by atoms with E-state index < -0.39 is 0 Å². The van der Waals surface area contributed by atoms with Gasteiger partial charge in [-0.15, -0.1) is 0 Å². The highest BCUT2D eigenvalue weighted by Crippen LogP contribution is 2.27. The minimum absolute atomic E-state index is 0.584. The number of methoxy groups -OCH3 is 3. The van der Waals surface area contributed by atoms with Crippen molar-refractivity contribution in [3.8, 4) is 17.2 Å². The average Bonchev–Trinajstić information content (AvgIpc) is 2.82. The molecule has 0 saturated carbocycles. The van der Waals surface area contributed by atoms with Gasteiger partial charge in [0.2, 0.25) is 0 Å². The van der Waals surface area contributed by atoms with Crippen molar-refractivity contribution >= 4 is 5.96 Å². The number of nitrogens with zero attached hydrogens (tertiary/aromatic N) is 1. The topological polar surface area (TPSA) is 73.3 Å². The third kappa shape index (κ3) is 8.76. The lowest BCUT2D eigenvalue weighted by Crippen LogP contribution is -2.39. The van der Waals surface area contributed by atoms with E-state index in [1.807, 2.05) is 49.4 Å². The number of benzene rings is 2. The fourth-order valence-corrected chi connectivity index (χ4v) is 2.96.